The zero-order valence-corrected chi connectivity index (χ0v) is 79.6. The van der Waals surface area contributed by atoms with Gasteiger partial charge in [-0.2, -0.15) is 8.42 Å². The molecule has 33 heteroatoms. The number of piperidine rings is 4. The van der Waals surface area contributed by atoms with Gasteiger partial charge >= 0.3 is 42.3 Å². The van der Waals surface area contributed by atoms with E-state index in [1.54, 1.807) is 77.3 Å². The molecule has 0 aromatic carbocycles. The quantitative estimate of drug-likeness (QED) is 0.0167. The summed E-state index contributed by atoms with van der Waals surface area (Å²) >= 11 is 6.64. The molecular weight excluding hydrogens is 1720 g/mol. The molecule has 4 aliphatic heterocycles. The number of ketones is 1. The van der Waals surface area contributed by atoms with Gasteiger partial charge in [-0.25, -0.2) is 43.5 Å². The Morgan fingerprint density at radius 2 is 0.844 bits per heavy atom. The van der Waals surface area contributed by atoms with Crippen LogP contribution in [0.1, 0.15) is 185 Å². The van der Waals surface area contributed by atoms with Crippen molar-refractivity contribution in [1.29, 1.82) is 0 Å². The summed E-state index contributed by atoms with van der Waals surface area (Å²) in [5, 5.41) is 9.44. The van der Waals surface area contributed by atoms with Crippen molar-refractivity contribution in [3.8, 4) is 0 Å². The molecule has 30 nitrogen and oxygen atoms in total. The van der Waals surface area contributed by atoms with Gasteiger partial charge < -0.3 is 63.4 Å². The topological polar surface area (TPSA) is 348 Å². The third-order valence-electron chi connectivity index (χ3n) is 21.3. The third-order valence-corrected chi connectivity index (χ3v) is 22.8. The fourth-order valence-corrected chi connectivity index (χ4v) is 17.3. The molecule has 122 heavy (non-hydrogen) atoms. The van der Waals surface area contributed by atoms with E-state index in [2.05, 4.69) is 103 Å². The molecule has 10 rings (SSSR count). The number of rotatable bonds is 33. The summed E-state index contributed by atoms with van der Waals surface area (Å²) in [4.78, 5) is 122. The van der Waals surface area contributed by atoms with Crippen molar-refractivity contribution in [3.63, 3.8) is 0 Å². The summed E-state index contributed by atoms with van der Waals surface area (Å²) in [7, 11) is 2.47. The van der Waals surface area contributed by atoms with Crippen LogP contribution >= 0.6 is 31.9 Å². The summed E-state index contributed by atoms with van der Waals surface area (Å²) < 4.78 is 71.9. The SMILES string of the molecule is C=CCCC.C=CCN(C)C[C@@]12C[C@@H](C(=O)O)N(C(=O)OC(C)(C)C)[C@@H]1C2.C=CCN(C)C[C@@]12C[C@@H](C(=O)OCC)N(C(=O)OC(C)(C)C)[C@@H]1C2.C=CCOCc1ccc(Br)nc1CC(=O)[C@@H]1C[C@@]2(CN(C)CC=C)C[C@H]2N1C(=O)OC(C)(C)C.C=CCOCc1ccc(Br)nc1N.CCOC(=O)[C@@H]1C[C@@]2(COS(C)(=O)=O)C[C@H]2N1C(=O)OC(C)(C)C. The lowest BCUT2D eigenvalue weighted by Crippen LogP contribution is -2.46. The number of hydrogen-bond donors (Lipinski definition) is 2. The number of carboxylic acid groups (broad SMARTS) is 1. The Hall–Kier alpha value is -7.63. The lowest BCUT2D eigenvalue weighted by molar-refractivity contribution is -0.149. The smallest absolute Gasteiger partial charge is 0.411 e. The van der Waals surface area contributed by atoms with Gasteiger partial charge in [-0.3, -0.25) is 28.6 Å². The molecule has 4 aliphatic carbocycles. The zero-order valence-electron chi connectivity index (χ0n) is 75.6. The highest BCUT2D eigenvalue weighted by atomic mass is 79.9. The van der Waals surface area contributed by atoms with Crippen LogP contribution in [-0.2, 0) is 91.0 Å². The van der Waals surface area contributed by atoms with E-state index in [4.69, 9.17) is 47.8 Å². The highest BCUT2D eigenvalue weighted by Gasteiger charge is 2.72. The Labute approximate surface area is 741 Å². The maximum Gasteiger partial charge on any atom is 0.411 e. The Bertz CT molecular complexity index is 4110. The molecule has 684 valence electrons. The number of aliphatic carboxylic acids is 1. The van der Waals surface area contributed by atoms with E-state index >= 15 is 0 Å². The standard InChI is InChI=1S/C26H36BrN3O4.C18H30N2O4.C16H26N2O4.C15H25NO7S.C9H11BrN2O.C5H10/c1-7-11-29(6)17-26-14-20(30(22(26)15-26)24(32)34-25(3,4)5)21(31)13-19-18(16-33-12-8-2)9-10-23(27)28-19;1-7-9-19(6)12-18-10-13(15(21)23-8-2)20(14(18)11-18)16(22)24-17(3,4)5;1-6-7-17(5)10-16-8-11(13(19)20)18(12(16)9-16)14(21)22-15(2,3)4;1-6-21-12(17)10-7-15(9-22-24(5,19)20)8-11(15)16(10)13(18)23-14(2,3)4;1-2-5-13-6-7-3-4-8(10)12-9(7)11;1-3-5-4-2/h7-10,20,22H,1-2,11-17H2,3-6H3;7,13-14H,1,8-12H2,2-6H3;6,11-12H,1,7-10H2,2-5H3,(H,19,20);10-11H,6-9H2,1-5H3;2-4H,1,5-6H2,(H2,11,12);3H,1,4-5H2,2H3/t20-,22+,26-;13-,14+,18-;11-,12+,16-;10-,11+,15-;;/m0000../s1. The molecule has 0 bridgehead atoms. The molecule has 2 aromatic rings. The predicted octanol–water partition coefficient (Wildman–Crippen LogP) is 14.3. The number of hydrogen-bond acceptors (Lipinski definition) is 25. The zero-order chi connectivity index (χ0) is 92.1. The highest BCUT2D eigenvalue weighted by molar-refractivity contribution is 9.10. The van der Waals surface area contributed by atoms with Crippen molar-refractivity contribution in [3.05, 3.63) is 126 Å². The minimum absolute atomic E-state index is 0.00873. The number of allylic oxidation sites excluding steroid dienone is 1. The summed E-state index contributed by atoms with van der Waals surface area (Å²) in [5.41, 5.74) is 4.75. The number of fused-ring (bicyclic) bond motifs is 4. The number of nitrogens with two attached hydrogens (primary N) is 1. The number of unbranched alkanes of at least 4 members (excludes halogenated alkanes) is 1. The number of likely N-dealkylation sites (N-methyl/N-ethyl adjacent to an activating group) is 3. The van der Waals surface area contributed by atoms with Crippen LogP contribution < -0.4 is 5.73 Å². The van der Waals surface area contributed by atoms with Crippen LogP contribution in [0.2, 0.25) is 0 Å². The molecule has 0 spiro atoms. The van der Waals surface area contributed by atoms with E-state index in [1.807, 2.05) is 111 Å². The summed E-state index contributed by atoms with van der Waals surface area (Å²) in [6.07, 6.45) is 17.7. The second kappa shape index (κ2) is 45.0. The first-order chi connectivity index (χ1) is 56.8. The molecule has 4 saturated heterocycles. The second-order valence-corrected chi connectivity index (χ2v) is 40.0. The van der Waals surface area contributed by atoms with Gasteiger partial charge in [0, 0.05) is 90.7 Å². The van der Waals surface area contributed by atoms with E-state index in [-0.39, 0.29) is 71.8 Å². The summed E-state index contributed by atoms with van der Waals surface area (Å²) in [6.45, 7) is 56.2. The number of amides is 4. The van der Waals surface area contributed by atoms with Gasteiger partial charge in [0.1, 0.15) is 55.6 Å². The Morgan fingerprint density at radius 3 is 1.18 bits per heavy atom. The van der Waals surface area contributed by atoms with Crippen LogP contribution in [0.3, 0.4) is 0 Å². The van der Waals surface area contributed by atoms with Crippen molar-refractivity contribution < 1.29 is 94.0 Å². The fraction of sp³-hybridized carbons (Fsp3) is 0.663. The fourth-order valence-electron chi connectivity index (χ4n) is 16.2. The number of ether oxygens (including phenoxy) is 8. The van der Waals surface area contributed by atoms with Crippen molar-refractivity contribution in [2.24, 2.45) is 21.7 Å². The number of carbonyl (C=O) groups excluding carboxylic acids is 7. The van der Waals surface area contributed by atoms with Crippen LogP contribution in [0, 0.1) is 21.7 Å². The average molecular weight is 1860 g/mol. The molecule has 0 unspecified atom stereocenters. The predicted molar refractivity (Wildman–Crippen MR) is 476 cm³/mol. The van der Waals surface area contributed by atoms with Crippen molar-refractivity contribution in [2.75, 3.05) is 105 Å². The highest BCUT2D eigenvalue weighted by Crippen LogP contribution is 2.63. The van der Waals surface area contributed by atoms with E-state index in [1.165, 1.54) is 16.2 Å². The number of pyridine rings is 2. The minimum atomic E-state index is -3.59. The average Bonchev–Trinajstić information content (AvgIpc) is 1.56. The monoisotopic (exact) mass is 1860 g/mol. The van der Waals surface area contributed by atoms with Gasteiger partial charge in [0.2, 0.25) is 0 Å². The molecule has 6 heterocycles. The number of esters is 2. The first-order valence-electron chi connectivity index (χ1n) is 41.7. The van der Waals surface area contributed by atoms with Gasteiger partial charge in [0.05, 0.1) is 70.7 Å². The molecule has 12 atom stereocenters. The minimum Gasteiger partial charge on any atom is -0.480 e. The molecule has 3 N–H and O–H groups in total. The number of nitrogen functional groups attached to an aromatic ring is 1. The summed E-state index contributed by atoms with van der Waals surface area (Å²) in [5.74, 6) is -1.32. The molecule has 8 aliphatic rings. The molecule has 4 saturated carbocycles. The van der Waals surface area contributed by atoms with Gasteiger partial charge in [0.25, 0.3) is 10.1 Å². The van der Waals surface area contributed by atoms with Crippen molar-refractivity contribution in [1.82, 2.24) is 44.3 Å². The largest absolute Gasteiger partial charge is 0.480 e. The van der Waals surface area contributed by atoms with Crippen LogP contribution in [0.5, 0.6) is 0 Å². The van der Waals surface area contributed by atoms with Crippen molar-refractivity contribution in [2.45, 2.75) is 258 Å². The first kappa shape index (κ1) is 105. The van der Waals surface area contributed by atoms with Crippen molar-refractivity contribution >= 4 is 95.9 Å². The maximum absolute atomic E-state index is 13.6. The lowest BCUT2D eigenvalue weighted by Gasteiger charge is -2.30. The lowest BCUT2D eigenvalue weighted by atomic mass is 9.94. The Kier molecular flexibility index (Phi) is 38.7. The Balaban J connectivity index is 0.000000274. The number of anilines is 1. The number of Topliss-reactive ketones (excluding diaryl/α,β-unsaturated/α-hetero) is 1. The molecule has 0 radical (unpaired) electrons. The molecule has 2 aromatic heterocycles. The van der Waals surface area contributed by atoms with Gasteiger partial charge in [-0.05, 0) is 225 Å². The van der Waals surface area contributed by atoms with Crippen LogP contribution in [0.15, 0.2) is 109 Å². The maximum atomic E-state index is 13.6. The van der Waals surface area contributed by atoms with E-state index in [0.29, 0.717) is 81.3 Å². The van der Waals surface area contributed by atoms with Gasteiger partial charge in [-0.1, -0.05) is 61.9 Å². The number of halogens is 2. The third kappa shape index (κ3) is 31.2. The van der Waals surface area contributed by atoms with Crippen LogP contribution in [0.25, 0.3) is 0 Å². The molecule has 4 amide bonds. The normalized spacial score (nSPS) is 24.7. The number of nitrogens with zero attached hydrogens (tertiary/aromatic N) is 9. The number of carbonyl (C=O) groups is 8. The second-order valence-electron chi connectivity index (χ2n) is 36.8. The number of likely N-dealkylation sites (tertiary alicyclic amines) is 4. The Morgan fingerprint density at radius 1 is 0.508 bits per heavy atom. The number of carboxylic acids is 1. The molecule has 8 fully saturated rings. The van der Waals surface area contributed by atoms with E-state index in [9.17, 15) is 51.9 Å². The van der Waals surface area contributed by atoms with Gasteiger partial charge in [-0.15, -0.1) is 39.5 Å². The van der Waals surface area contributed by atoms with E-state index < -0.39 is 98.4 Å². The summed E-state index contributed by atoms with van der Waals surface area (Å²) in [6, 6.07) is 4.58. The first-order valence-corrected chi connectivity index (χ1v) is 45.1. The van der Waals surface area contributed by atoms with Crippen LogP contribution in [0.4, 0.5) is 25.0 Å². The van der Waals surface area contributed by atoms with Crippen LogP contribution in [-0.4, -0.2) is 276 Å². The van der Waals surface area contributed by atoms with Gasteiger partial charge in [0.15, 0.2) is 5.78 Å². The molecular formula is C89H138Br2N10O20S. The number of aromatic nitrogens is 2. The van der Waals surface area contributed by atoms with E-state index in [0.717, 1.165) is 86.9 Å².